The minimum absolute atomic E-state index is 0.201. The van der Waals surface area contributed by atoms with E-state index >= 15 is 0 Å². The number of imidazole rings is 1. The van der Waals surface area contributed by atoms with E-state index in [1.165, 1.54) is 24.9 Å². The first kappa shape index (κ1) is 18.6. The van der Waals surface area contributed by atoms with Crippen LogP contribution < -0.4 is 11.2 Å². The average molecular weight is 326 g/mol. The Morgan fingerprint density at radius 1 is 1.26 bits per heavy atom. The summed E-state index contributed by atoms with van der Waals surface area (Å²) in [6, 6.07) is 0. The number of aryl methyl sites for hydroxylation is 1. The fourth-order valence-electron chi connectivity index (χ4n) is 1.73. The molecule has 0 radical (unpaired) electrons. The second-order valence-corrected chi connectivity index (χ2v) is 6.16. The van der Waals surface area contributed by atoms with Gasteiger partial charge in [-0.15, -0.1) is 0 Å². The van der Waals surface area contributed by atoms with Gasteiger partial charge in [0.25, 0.3) is 5.56 Å². The summed E-state index contributed by atoms with van der Waals surface area (Å²) in [5, 5.41) is 0. The SMILES string of the molecule is CC(=O)OCC[N+](C)(C)C.Cn1c(=O)c2[nH]cnc2n(C)c1=O. The number of hydrogen-bond acceptors (Lipinski definition) is 5. The Morgan fingerprint density at radius 3 is 2.39 bits per heavy atom. The van der Waals surface area contributed by atoms with Crippen molar-refractivity contribution in [2.75, 3.05) is 34.3 Å². The predicted molar refractivity (Wildman–Crippen MR) is 86.1 cm³/mol. The number of quaternary nitrogens is 1. The van der Waals surface area contributed by atoms with Crippen molar-refractivity contribution in [1.82, 2.24) is 19.1 Å². The summed E-state index contributed by atoms with van der Waals surface area (Å²) in [5.41, 5.74) is 0.0119. The summed E-state index contributed by atoms with van der Waals surface area (Å²) in [7, 11) is 9.19. The third-order valence-electron chi connectivity index (χ3n) is 3.10. The summed E-state index contributed by atoms with van der Waals surface area (Å²) in [5.74, 6) is -0.201. The van der Waals surface area contributed by atoms with Gasteiger partial charge < -0.3 is 14.2 Å². The summed E-state index contributed by atoms with van der Waals surface area (Å²) >= 11 is 0. The van der Waals surface area contributed by atoms with Crippen molar-refractivity contribution in [3.8, 4) is 0 Å². The molecule has 0 saturated heterocycles. The van der Waals surface area contributed by atoms with Crippen LogP contribution in [0.5, 0.6) is 0 Å². The molecule has 128 valence electrons. The minimum Gasteiger partial charge on any atom is -0.460 e. The van der Waals surface area contributed by atoms with E-state index in [-0.39, 0.29) is 17.2 Å². The molecule has 0 amide bonds. The van der Waals surface area contributed by atoms with Crippen molar-refractivity contribution in [1.29, 1.82) is 0 Å². The Morgan fingerprint density at radius 2 is 1.87 bits per heavy atom. The number of nitrogens with one attached hydrogen (secondary N) is 1. The maximum Gasteiger partial charge on any atom is 0.332 e. The van der Waals surface area contributed by atoms with Crippen molar-refractivity contribution in [3.63, 3.8) is 0 Å². The van der Waals surface area contributed by atoms with Gasteiger partial charge in [-0.05, 0) is 0 Å². The van der Waals surface area contributed by atoms with E-state index < -0.39 is 0 Å². The number of esters is 1. The van der Waals surface area contributed by atoms with E-state index in [1.807, 2.05) is 0 Å². The van der Waals surface area contributed by atoms with E-state index in [4.69, 9.17) is 4.74 Å². The normalized spacial score (nSPS) is 11.0. The highest BCUT2D eigenvalue weighted by Gasteiger charge is 2.09. The molecule has 0 fully saturated rings. The number of carbonyl (C=O) groups excluding carboxylic acids is 1. The second kappa shape index (κ2) is 7.23. The third-order valence-corrected chi connectivity index (χ3v) is 3.10. The van der Waals surface area contributed by atoms with Crippen LogP contribution in [-0.4, -0.2) is 63.8 Å². The fraction of sp³-hybridized carbons (Fsp3) is 0.571. The molecule has 0 unspecified atom stereocenters. The molecule has 1 N–H and O–H groups in total. The molecule has 0 aliphatic heterocycles. The van der Waals surface area contributed by atoms with Crippen LogP contribution in [0.4, 0.5) is 0 Å². The van der Waals surface area contributed by atoms with Crippen molar-refractivity contribution in [3.05, 3.63) is 27.2 Å². The lowest BCUT2D eigenvalue weighted by Crippen LogP contribution is -2.37. The van der Waals surface area contributed by atoms with Gasteiger partial charge in [0.05, 0.1) is 27.5 Å². The predicted octanol–water partition coefficient (Wildman–Crippen LogP) is -0.784. The molecule has 0 aliphatic rings. The largest absolute Gasteiger partial charge is 0.460 e. The zero-order chi connectivity index (χ0) is 17.8. The lowest BCUT2D eigenvalue weighted by Gasteiger charge is -2.23. The molecule has 0 saturated carbocycles. The van der Waals surface area contributed by atoms with Gasteiger partial charge in [-0.3, -0.25) is 18.7 Å². The molecule has 2 rings (SSSR count). The first-order chi connectivity index (χ1) is 10.5. The van der Waals surface area contributed by atoms with Gasteiger partial charge in [0.1, 0.15) is 18.7 Å². The third kappa shape index (κ3) is 5.06. The molecule has 0 bridgehead atoms. The molecule has 9 heteroatoms. The van der Waals surface area contributed by atoms with Crippen LogP contribution in [-0.2, 0) is 23.6 Å². The Balaban J connectivity index is 0.000000241. The van der Waals surface area contributed by atoms with Crippen LogP contribution >= 0.6 is 0 Å². The first-order valence-corrected chi connectivity index (χ1v) is 7.07. The molecule has 0 aliphatic carbocycles. The Hall–Kier alpha value is -2.42. The molecular weight excluding hydrogens is 302 g/mol. The Labute approximate surface area is 133 Å². The van der Waals surface area contributed by atoms with Crippen LogP contribution in [0.3, 0.4) is 0 Å². The summed E-state index contributed by atoms with van der Waals surface area (Å²) in [4.78, 5) is 39.7. The molecule has 9 nitrogen and oxygen atoms in total. The quantitative estimate of drug-likeness (QED) is 0.589. The number of aromatic nitrogens is 4. The van der Waals surface area contributed by atoms with Gasteiger partial charge >= 0.3 is 11.7 Å². The highest BCUT2D eigenvalue weighted by Crippen LogP contribution is 1.97. The van der Waals surface area contributed by atoms with E-state index in [9.17, 15) is 14.4 Å². The van der Waals surface area contributed by atoms with Gasteiger partial charge in [0.2, 0.25) is 0 Å². The van der Waals surface area contributed by atoms with E-state index in [0.29, 0.717) is 17.8 Å². The minimum atomic E-state index is -0.371. The summed E-state index contributed by atoms with van der Waals surface area (Å²) in [6.45, 7) is 2.80. The highest BCUT2D eigenvalue weighted by atomic mass is 16.5. The number of rotatable bonds is 3. The van der Waals surface area contributed by atoms with Crippen molar-refractivity contribution >= 4 is 17.1 Å². The molecule has 23 heavy (non-hydrogen) atoms. The highest BCUT2D eigenvalue weighted by molar-refractivity contribution is 5.68. The van der Waals surface area contributed by atoms with Crippen molar-refractivity contribution < 1.29 is 14.0 Å². The monoisotopic (exact) mass is 326 g/mol. The molecule has 2 aromatic rings. The Kier molecular flexibility index (Phi) is 5.85. The second-order valence-electron chi connectivity index (χ2n) is 6.16. The maximum atomic E-state index is 11.4. The molecule has 2 aromatic heterocycles. The van der Waals surface area contributed by atoms with Crippen LogP contribution in [0, 0.1) is 0 Å². The summed E-state index contributed by atoms with van der Waals surface area (Å²) < 4.78 is 7.96. The van der Waals surface area contributed by atoms with E-state index in [0.717, 1.165) is 15.6 Å². The number of hydrogen-bond donors (Lipinski definition) is 1. The van der Waals surface area contributed by atoms with Gasteiger partial charge in [-0.2, -0.15) is 0 Å². The standard InChI is InChI=1S/C7H8N4O2.C7H16NO2/c1-10-5-4(8-3-9-5)6(12)11(2)7(10)13;1-7(9)10-6-5-8(2,3)4/h3H,1-2H3,(H,8,9);5-6H2,1-4H3/q;+1. The molecular formula is C14H24N5O4+. The molecule has 2 heterocycles. The maximum absolute atomic E-state index is 11.4. The van der Waals surface area contributed by atoms with Gasteiger partial charge in [-0.1, -0.05) is 0 Å². The average Bonchev–Trinajstić information content (AvgIpc) is 2.91. The van der Waals surface area contributed by atoms with E-state index in [2.05, 4.69) is 31.1 Å². The van der Waals surface area contributed by atoms with Crippen LogP contribution in [0.25, 0.3) is 11.2 Å². The molecule has 0 atom stereocenters. The number of nitrogens with zero attached hydrogens (tertiary/aromatic N) is 4. The number of fused-ring (bicyclic) bond motifs is 1. The van der Waals surface area contributed by atoms with E-state index in [1.54, 1.807) is 7.05 Å². The van der Waals surface area contributed by atoms with Crippen LogP contribution in [0.15, 0.2) is 15.9 Å². The van der Waals surface area contributed by atoms with Gasteiger partial charge in [0, 0.05) is 21.0 Å². The Bertz CT molecular complexity index is 794. The van der Waals surface area contributed by atoms with Crippen molar-refractivity contribution in [2.45, 2.75) is 6.92 Å². The number of likely N-dealkylation sites (N-methyl/N-ethyl adjacent to an activating group) is 1. The number of ether oxygens (including phenoxy) is 1. The topological polar surface area (TPSA) is 99.0 Å². The smallest absolute Gasteiger partial charge is 0.332 e. The summed E-state index contributed by atoms with van der Waals surface area (Å²) in [6.07, 6.45) is 1.39. The van der Waals surface area contributed by atoms with Crippen LogP contribution in [0.2, 0.25) is 0 Å². The number of H-pyrrole nitrogens is 1. The zero-order valence-corrected chi connectivity index (χ0v) is 14.4. The van der Waals surface area contributed by atoms with Gasteiger partial charge in [0.15, 0.2) is 5.65 Å². The number of aromatic amines is 1. The fourth-order valence-corrected chi connectivity index (χ4v) is 1.73. The zero-order valence-electron chi connectivity index (χ0n) is 14.4. The molecule has 0 spiro atoms. The number of carbonyl (C=O) groups is 1. The van der Waals surface area contributed by atoms with Crippen molar-refractivity contribution in [2.24, 2.45) is 14.1 Å². The lowest BCUT2D eigenvalue weighted by molar-refractivity contribution is -0.870. The van der Waals surface area contributed by atoms with Crippen LogP contribution in [0.1, 0.15) is 6.92 Å². The first-order valence-electron chi connectivity index (χ1n) is 7.07. The van der Waals surface area contributed by atoms with Gasteiger partial charge in [-0.25, -0.2) is 9.78 Å². The molecule has 0 aromatic carbocycles. The lowest BCUT2D eigenvalue weighted by atomic mass is 10.5.